The van der Waals surface area contributed by atoms with Gasteiger partial charge >= 0.3 is 12.4 Å². The third-order valence-electron chi connectivity index (χ3n) is 2.32. The number of aliphatic hydroxyl groups excluding tert-OH is 1. The summed E-state index contributed by atoms with van der Waals surface area (Å²) in [5, 5.41) is 19.4. The SMILES string of the molecule is O=[N+]([O-])CC(O)c1cc(C(F)(F)F)cc(C(F)(F)F)c1. The van der Waals surface area contributed by atoms with Gasteiger partial charge in [-0.15, -0.1) is 0 Å². The zero-order valence-corrected chi connectivity index (χ0v) is 9.50. The highest BCUT2D eigenvalue weighted by Crippen LogP contribution is 2.37. The smallest absolute Gasteiger partial charge is 0.382 e. The van der Waals surface area contributed by atoms with Crippen molar-refractivity contribution in [1.29, 1.82) is 0 Å². The van der Waals surface area contributed by atoms with Gasteiger partial charge in [0.15, 0.2) is 0 Å². The molecule has 10 heteroatoms. The molecule has 1 rings (SSSR count). The first kappa shape index (κ1) is 16.2. The maximum Gasteiger partial charge on any atom is 0.416 e. The van der Waals surface area contributed by atoms with Crippen molar-refractivity contribution in [3.8, 4) is 0 Å². The van der Waals surface area contributed by atoms with Crippen LogP contribution < -0.4 is 0 Å². The molecule has 0 radical (unpaired) electrons. The Bertz CT molecular complexity index is 478. The van der Waals surface area contributed by atoms with E-state index in [0.717, 1.165) is 0 Å². The molecule has 4 nitrogen and oxygen atoms in total. The Morgan fingerprint density at radius 2 is 1.45 bits per heavy atom. The van der Waals surface area contributed by atoms with Crippen LogP contribution in [0.4, 0.5) is 26.3 Å². The average Bonchev–Trinajstić information content (AvgIpc) is 2.25. The van der Waals surface area contributed by atoms with Gasteiger partial charge in [0.05, 0.1) is 11.1 Å². The van der Waals surface area contributed by atoms with Crippen molar-refractivity contribution in [3.05, 3.63) is 45.0 Å². The van der Waals surface area contributed by atoms with Crippen molar-refractivity contribution in [2.24, 2.45) is 0 Å². The van der Waals surface area contributed by atoms with E-state index >= 15 is 0 Å². The summed E-state index contributed by atoms with van der Waals surface area (Å²) in [7, 11) is 0. The summed E-state index contributed by atoms with van der Waals surface area (Å²) in [4.78, 5) is 9.10. The first-order valence-corrected chi connectivity index (χ1v) is 5.00. The van der Waals surface area contributed by atoms with Crippen molar-refractivity contribution >= 4 is 0 Å². The number of alkyl halides is 6. The third-order valence-corrected chi connectivity index (χ3v) is 2.32. The monoisotopic (exact) mass is 303 g/mol. The van der Waals surface area contributed by atoms with Crippen molar-refractivity contribution < 1.29 is 36.4 Å². The molecule has 0 aromatic heterocycles. The Hall–Kier alpha value is -1.84. The molecule has 0 aliphatic rings. The molecule has 0 aliphatic heterocycles. The molecular formula is C10H7F6NO3. The van der Waals surface area contributed by atoms with E-state index in [1.807, 2.05) is 0 Å². The molecule has 1 unspecified atom stereocenters. The number of nitro groups is 1. The van der Waals surface area contributed by atoms with Crippen LogP contribution in [0.3, 0.4) is 0 Å². The highest BCUT2D eigenvalue weighted by molar-refractivity contribution is 5.34. The fraction of sp³-hybridized carbons (Fsp3) is 0.400. The summed E-state index contributed by atoms with van der Waals surface area (Å²) in [5.74, 6) is 0. The van der Waals surface area contributed by atoms with Gasteiger partial charge in [-0.05, 0) is 23.8 Å². The predicted molar refractivity (Wildman–Crippen MR) is 53.3 cm³/mol. The number of rotatable bonds is 3. The first-order valence-electron chi connectivity index (χ1n) is 5.00. The molecule has 0 spiro atoms. The minimum absolute atomic E-state index is 0.123. The maximum atomic E-state index is 12.5. The lowest BCUT2D eigenvalue weighted by Crippen LogP contribution is -2.16. The van der Waals surface area contributed by atoms with Crippen LogP contribution >= 0.6 is 0 Å². The summed E-state index contributed by atoms with van der Waals surface area (Å²) in [6.07, 6.45) is -12.2. The standard InChI is InChI=1S/C10H7F6NO3/c11-9(12,13)6-1-5(8(18)4-17(19)20)2-7(3-6)10(14,15)16/h1-3,8,18H,4H2. The quantitative estimate of drug-likeness (QED) is 0.530. The van der Waals surface area contributed by atoms with Crippen LogP contribution in [-0.4, -0.2) is 16.6 Å². The van der Waals surface area contributed by atoms with Gasteiger partial charge in [-0.25, -0.2) is 0 Å². The van der Waals surface area contributed by atoms with Gasteiger partial charge in [-0.1, -0.05) is 0 Å². The molecular weight excluding hydrogens is 296 g/mol. The van der Waals surface area contributed by atoms with Gasteiger partial charge in [-0.2, -0.15) is 26.3 Å². The van der Waals surface area contributed by atoms with Gasteiger partial charge in [0, 0.05) is 4.92 Å². The molecule has 20 heavy (non-hydrogen) atoms. The van der Waals surface area contributed by atoms with E-state index in [0.29, 0.717) is 0 Å². The molecule has 0 aliphatic carbocycles. The van der Waals surface area contributed by atoms with Crippen molar-refractivity contribution in [1.82, 2.24) is 0 Å². The molecule has 1 N–H and O–H groups in total. The minimum Gasteiger partial charge on any atom is -0.382 e. The van der Waals surface area contributed by atoms with Crippen LogP contribution in [0.5, 0.6) is 0 Å². The summed E-state index contributed by atoms with van der Waals surface area (Å²) in [5.41, 5.74) is -4.08. The molecule has 1 atom stereocenters. The van der Waals surface area contributed by atoms with E-state index < -0.39 is 46.6 Å². The third kappa shape index (κ3) is 4.08. The molecule has 0 bridgehead atoms. The van der Waals surface area contributed by atoms with E-state index in [2.05, 4.69) is 0 Å². The van der Waals surface area contributed by atoms with Gasteiger partial charge in [0.2, 0.25) is 6.54 Å². The number of nitrogens with zero attached hydrogens (tertiary/aromatic N) is 1. The lowest BCUT2D eigenvalue weighted by Gasteiger charge is -2.15. The summed E-state index contributed by atoms with van der Waals surface area (Å²) in [6.45, 7) is -1.20. The molecule has 0 saturated heterocycles. The lowest BCUT2D eigenvalue weighted by molar-refractivity contribution is -0.491. The van der Waals surface area contributed by atoms with Crippen molar-refractivity contribution in [2.75, 3.05) is 6.54 Å². The Morgan fingerprint density at radius 1 is 1.05 bits per heavy atom. The molecule has 0 fully saturated rings. The van der Waals surface area contributed by atoms with E-state index in [1.54, 1.807) is 0 Å². The molecule has 1 aromatic rings. The largest absolute Gasteiger partial charge is 0.416 e. The zero-order chi connectivity index (χ0) is 15.7. The van der Waals surface area contributed by atoms with Crippen LogP contribution in [0.1, 0.15) is 22.8 Å². The first-order chi connectivity index (χ1) is 8.91. The highest BCUT2D eigenvalue weighted by Gasteiger charge is 2.37. The molecule has 112 valence electrons. The lowest BCUT2D eigenvalue weighted by atomic mass is 10.0. The van der Waals surface area contributed by atoms with E-state index in [9.17, 15) is 41.6 Å². The van der Waals surface area contributed by atoms with E-state index in [1.165, 1.54) is 0 Å². The number of hydrogen-bond donors (Lipinski definition) is 1. The fourth-order valence-corrected chi connectivity index (χ4v) is 1.42. The van der Waals surface area contributed by atoms with Crippen LogP contribution in [-0.2, 0) is 12.4 Å². The van der Waals surface area contributed by atoms with Crippen LogP contribution in [0.15, 0.2) is 18.2 Å². The Balaban J connectivity index is 3.34. The molecule has 0 saturated carbocycles. The molecule has 0 heterocycles. The summed E-state index contributed by atoms with van der Waals surface area (Å²) < 4.78 is 74.9. The van der Waals surface area contributed by atoms with Gasteiger partial charge in [0.1, 0.15) is 6.10 Å². The average molecular weight is 303 g/mol. The van der Waals surface area contributed by atoms with Gasteiger partial charge in [-0.3, -0.25) is 10.1 Å². The second-order valence-corrected chi connectivity index (χ2v) is 3.87. The minimum atomic E-state index is -5.07. The maximum absolute atomic E-state index is 12.5. The summed E-state index contributed by atoms with van der Waals surface area (Å²) >= 11 is 0. The van der Waals surface area contributed by atoms with Gasteiger partial charge in [0.25, 0.3) is 0 Å². The van der Waals surface area contributed by atoms with E-state index in [4.69, 9.17) is 0 Å². The Morgan fingerprint density at radius 3 is 1.75 bits per heavy atom. The summed E-state index contributed by atoms with van der Waals surface area (Å²) in [6, 6.07) is 0.384. The predicted octanol–water partition coefficient (Wildman–Crippen LogP) is 3.03. The highest BCUT2D eigenvalue weighted by atomic mass is 19.4. The zero-order valence-electron chi connectivity index (χ0n) is 9.50. The van der Waals surface area contributed by atoms with Crippen LogP contribution in [0.25, 0.3) is 0 Å². The topological polar surface area (TPSA) is 63.4 Å². The van der Waals surface area contributed by atoms with Gasteiger partial charge < -0.3 is 5.11 Å². The van der Waals surface area contributed by atoms with Crippen molar-refractivity contribution in [2.45, 2.75) is 18.5 Å². The number of benzene rings is 1. The normalized spacial score (nSPS) is 14.2. The molecule has 1 aromatic carbocycles. The number of halogens is 6. The second kappa shape index (κ2) is 5.27. The second-order valence-electron chi connectivity index (χ2n) is 3.87. The van der Waals surface area contributed by atoms with Crippen molar-refractivity contribution in [3.63, 3.8) is 0 Å². The Labute approximate surface area is 107 Å². The number of hydrogen-bond acceptors (Lipinski definition) is 3. The molecule has 0 amide bonds. The number of aliphatic hydroxyl groups is 1. The Kier molecular flexibility index (Phi) is 4.27. The van der Waals surface area contributed by atoms with E-state index in [-0.39, 0.29) is 18.2 Å². The fourth-order valence-electron chi connectivity index (χ4n) is 1.42. The van der Waals surface area contributed by atoms with Crippen LogP contribution in [0, 0.1) is 10.1 Å². The van der Waals surface area contributed by atoms with Crippen LogP contribution in [0.2, 0.25) is 0 Å².